The van der Waals surface area contributed by atoms with Crippen molar-refractivity contribution in [1.29, 1.82) is 0 Å². The van der Waals surface area contributed by atoms with Crippen molar-refractivity contribution < 1.29 is 8.42 Å². The quantitative estimate of drug-likeness (QED) is 0.893. The highest BCUT2D eigenvalue weighted by Gasteiger charge is 2.24. The standard InChI is InChI=1S/C13H18N4O2S/c14-9-11-2-1-5-17-13(11)15-12(16-17)8-10-3-6-20(18,19)7-4-10/h1-2,5,10H,3-4,6-9,14H2. The molecular weight excluding hydrogens is 276 g/mol. The largest absolute Gasteiger partial charge is 0.326 e. The smallest absolute Gasteiger partial charge is 0.160 e. The van der Waals surface area contributed by atoms with Gasteiger partial charge in [-0.25, -0.2) is 17.9 Å². The van der Waals surface area contributed by atoms with Gasteiger partial charge in [0.2, 0.25) is 0 Å². The molecule has 0 aliphatic carbocycles. The Balaban J connectivity index is 1.78. The maximum atomic E-state index is 11.4. The maximum absolute atomic E-state index is 11.4. The number of fused-ring (bicyclic) bond motifs is 1. The first-order valence-electron chi connectivity index (χ1n) is 6.81. The Kier molecular flexibility index (Phi) is 3.47. The van der Waals surface area contributed by atoms with Gasteiger partial charge in [0, 0.05) is 24.7 Å². The minimum absolute atomic E-state index is 0.291. The molecule has 0 saturated carbocycles. The highest BCUT2D eigenvalue weighted by molar-refractivity contribution is 7.91. The Hall–Kier alpha value is -1.47. The summed E-state index contributed by atoms with van der Waals surface area (Å²) < 4.78 is 24.6. The van der Waals surface area contributed by atoms with E-state index >= 15 is 0 Å². The van der Waals surface area contributed by atoms with Crippen LogP contribution in [0.1, 0.15) is 24.2 Å². The minimum atomic E-state index is -2.81. The zero-order valence-electron chi connectivity index (χ0n) is 11.2. The van der Waals surface area contributed by atoms with E-state index in [0.717, 1.165) is 23.5 Å². The molecule has 0 radical (unpaired) electrons. The molecule has 3 heterocycles. The van der Waals surface area contributed by atoms with Crippen molar-refractivity contribution in [2.24, 2.45) is 11.7 Å². The van der Waals surface area contributed by atoms with Crippen LogP contribution in [0.5, 0.6) is 0 Å². The number of nitrogens with two attached hydrogens (primary N) is 1. The van der Waals surface area contributed by atoms with Crippen molar-refractivity contribution in [2.75, 3.05) is 11.5 Å². The normalized spacial score (nSPS) is 19.4. The molecule has 2 aromatic rings. The molecule has 2 aromatic heterocycles. The lowest BCUT2D eigenvalue weighted by Crippen LogP contribution is -2.24. The molecule has 3 rings (SSSR count). The van der Waals surface area contributed by atoms with Gasteiger partial charge in [-0.15, -0.1) is 0 Å². The van der Waals surface area contributed by atoms with Gasteiger partial charge in [0.05, 0.1) is 11.5 Å². The van der Waals surface area contributed by atoms with Crippen LogP contribution in [-0.4, -0.2) is 34.5 Å². The molecule has 1 aliphatic rings. The van der Waals surface area contributed by atoms with Crippen LogP contribution in [0.3, 0.4) is 0 Å². The molecule has 0 bridgehead atoms. The van der Waals surface area contributed by atoms with Crippen LogP contribution in [-0.2, 0) is 22.8 Å². The van der Waals surface area contributed by atoms with Crippen molar-refractivity contribution in [3.8, 4) is 0 Å². The van der Waals surface area contributed by atoms with Crippen molar-refractivity contribution in [2.45, 2.75) is 25.8 Å². The Morgan fingerprint density at radius 3 is 2.80 bits per heavy atom. The molecule has 0 aromatic carbocycles. The van der Waals surface area contributed by atoms with Gasteiger partial charge in [-0.2, -0.15) is 5.10 Å². The van der Waals surface area contributed by atoms with E-state index in [1.54, 1.807) is 4.52 Å². The van der Waals surface area contributed by atoms with Gasteiger partial charge in [-0.3, -0.25) is 0 Å². The second-order valence-electron chi connectivity index (χ2n) is 5.33. The summed E-state index contributed by atoms with van der Waals surface area (Å²) in [6.07, 6.45) is 4.01. The Morgan fingerprint density at radius 1 is 1.35 bits per heavy atom. The second kappa shape index (κ2) is 5.14. The fraction of sp³-hybridized carbons (Fsp3) is 0.538. The first-order valence-corrected chi connectivity index (χ1v) is 8.63. The third kappa shape index (κ3) is 2.69. The summed E-state index contributed by atoms with van der Waals surface area (Å²) in [4.78, 5) is 4.54. The molecule has 0 amide bonds. The van der Waals surface area contributed by atoms with Crippen molar-refractivity contribution >= 4 is 15.5 Å². The van der Waals surface area contributed by atoms with Crippen LogP contribution >= 0.6 is 0 Å². The monoisotopic (exact) mass is 294 g/mol. The summed E-state index contributed by atoms with van der Waals surface area (Å²) in [5.41, 5.74) is 7.46. The number of pyridine rings is 1. The summed E-state index contributed by atoms with van der Waals surface area (Å²) in [5.74, 6) is 1.71. The highest BCUT2D eigenvalue weighted by Crippen LogP contribution is 2.22. The second-order valence-corrected chi connectivity index (χ2v) is 7.64. The lowest BCUT2D eigenvalue weighted by Gasteiger charge is -2.20. The van der Waals surface area contributed by atoms with E-state index in [2.05, 4.69) is 10.1 Å². The van der Waals surface area contributed by atoms with Gasteiger partial charge in [-0.05, 0) is 24.8 Å². The van der Waals surface area contributed by atoms with E-state index < -0.39 is 9.84 Å². The molecule has 20 heavy (non-hydrogen) atoms. The number of sulfone groups is 1. The zero-order valence-corrected chi connectivity index (χ0v) is 12.0. The van der Waals surface area contributed by atoms with E-state index in [-0.39, 0.29) is 0 Å². The fourth-order valence-electron chi connectivity index (χ4n) is 2.65. The molecule has 1 saturated heterocycles. The fourth-order valence-corrected chi connectivity index (χ4v) is 4.24. The highest BCUT2D eigenvalue weighted by atomic mass is 32.2. The molecule has 1 aliphatic heterocycles. The van der Waals surface area contributed by atoms with E-state index in [0.29, 0.717) is 36.8 Å². The molecule has 6 nitrogen and oxygen atoms in total. The maximum Gasteiger partial charge on any atom is 0.160 e. The summed E-state index contributed by atoms with van der Waals surface area (Å²) in [7, 11) is -2.81. The lowest BCUT2D eigenvalue weighted by molar-refractivity contribution is 0.454. The zero-order chi connectivity index (χ0) is 14.2. The third-order valence-electron chi connectivity index (χ3n) is 3.85. The number of hydrogen-bond acceptors (Lipinski definition) is 5. The molecule has 2 N–H and O–H groups in total. The number of hydrogen-bond donors (Lipinski definition) is 1. The Bertz CT molecular complexity index is 709. The van der Waals surface area contributed by atoms with E-state index in [9.17, 15) is 8.42 Å². The summed E-state index contributed by atoms with van der Waals surface area (Å²) >= 11 is 0. The molecule has 0 spiro atoms. The molecule has 108 valence electrons. The van der Waals surface area contributed by atoms with E-state index in [4.69, 9.17) is 5.73 Å². The molecular formula is C13H18N4O2S. The molecule has 0 unspecified atom stereocenters. The predicted molar refractivity (Wildman–Crippen MR) is 76.0 cm³/mol. The van der Waals surface area contributed by atoms with Crippen LogP contribution in [0.2, 0.25) is 0 Å². The van der Waals surface area contributed by atoms with Gasteiger partial charge in [0.25, 0.3) is 0 Å². The summed E-state index contributed by atoms with van der Waals surface area (Å²) in [6.45, 7) is 0.435. The summed E-state index contributed by atoms with van der Waals surface area (Å²) in [6, 6.07) is 3.85. The van der Waals surface area contributed by atoms with Gasteiger partial charge in [-0.1, -0.05) is 6.07 Å². The predicted octanol–water partition coefficient (Wildman–Crippen LogP) is 0.555. The van der Waals surface area contributed by atoms with Crippen LogP contribution < -0.4 is 5.73 Å². The van der Waals surface area contributed by atoms with Gasteiger partial charge in [0.15, 0.2) is 11.5 Å². The average Bonchev–Trinajstić information content (AvgIpc) is 2.83. The lowest BCUT2D eigenvalue weighted by atomic mass is 9.99. The van der Waals surface area contributed by atoms with Crippen molar-refractivity contribution in [3.05, 3.63) is 29.7 Å². The van der Waals surface area contributed by atoms with Crippen molar-refractivity contribution in [3.63, 3.8) is 0 Å². The minimum Gasteiger partial charge on any atom is -0.326 e. The molecule has 1 fully saturated rings. The van der Waals surface area contributed by atoms with Crippen LogP contribution in [0.4, 0.5) is 0 Å². The van der Waals surface area contributed by atoms with E-state index in [1.807, 2.05) is 18.3 Å². The number of rotatable bonds is 3. The topological polar surface area (TPSA) is 90.4 Å². The van der Waals surface area contributed by atoms with Crippen LogP contribution in [0.25, 0.3) is 5.65 Å². The number of nitrogens with zero attached hydrogens (tertiary/aromatic N) is 3. The molecule has 7 heteroatoms. The van der Waals surface area contributed by atoms with Crippen LogP contribution in [0, 0.1) is 5.92 Å². The number of aromatic nitrogens is 3. The van der Waals surface area contributed by atoms with Gasteiger partial charge < -0.3 is 5.73 Å². The van der Waals surface area contributed by atoms with Crippen molar-refractivity contribution in [1.82, 2.24) is 14.6 Å². The SMILES string of the molecule is NCc1cccn2nc(CC3CCS(=O)(=O)CC3)nc12. The van der Waals surface area contributed by atoms with Crippen LogP contribution in [0.15, 0.2) is 18.3 Å². The third-order valence-corrected chi connectivity index (χ3v) is 5.57. The van der Waals surface area contributed by atoms with E-state index in [1.165, 1.54) is 0 Å². The Morgan fingerprint density at radius 2 is 2.10 bits per heavy atom. The first-order chi connectivity index (χ1) is 9.57. The average molecular weight is 294 g/mol. The van der Waals surface area contributed by atoms with Gasteiger partial charge >= 0.3 is 0 Å². The van der Waals surface area contributed by atoms with Gasteiger partial charge in [0.1, 0.15) is 9.84 Å². The summed E-state index contributed by atoms with van der Waals surface area (Å²) in [5, 5.41) is 4.45. The first kappa shape index (κ1) is 13.5. The molecule has 0 atom stereocenters. The Labute approximate surface area is 117 Å².